The number of rotatable bonds is 5. The van der Waals surface area contributed by atoms with Gasteiger partial charge in [0.1, 0.15) is 11.6 Å². The van der Waals surface area contributed by atoms with E-state index in [0.717, 1.165) is 18.3 Å². The highest BCUT2D eigenvalue weighted by Crippen LogP contribution is 2.33. The minimum Gasteiger partial charge on any atom is -0.382 e. The highest BCUT2D eigenvalue weighted by atomic mass is 15.2. The molecule has 0 atom stereocenters. The average molecular weight is 192 g/mol. The molecular weight excluding hydrogens is 176 g/mol. The third-order valence-corrected chi connectivity index (χ3v) is 2.48. The van der Waals surface area contributed by atoms with Crippen molar-refractivity contribution in [2.24, 2.45) is 5.92 Å². The zero-order valence-electron chi connectivity index (χ0n) is 8.24. The topological polar surface area (TPSA) is 63.8 Å². The summed E-state index contributed by atoms with van der Waals surface area (Å²) < 4.78 is 0. The molecule has 0 bridgehead atoms. The van der Waals surface area contributed by atoms with Crippen molar-refractivity contribution in [3.63, 3.8) is 0 Å². The Balaban J connectivity index is 1.66. The van der Waals surface area contributed by atoms with E-state index in [9.17, 15) is 0 Å². The van der Waals surface area contributed by atoms with Crippen LogP contribution in [-0.4, -0.2) is 16.7 Å². The minimum atomic E-state index is 0.466. The predicted molar refractivity (Wildman–Crippen MR) is 56.9 cm³/mol. The lowest BCUT2D eigenvalue weighted by molar-refractivity contribution is 0.686. The van der Waals surface area contributed by atoms with E-state index in [1.807, 2.05) is 6.07 Å². The van der Waals surface area contributed by atoms with E-state index in [1.54, 1.807) is 6.07 Å². The minimum absolute atomic E-state index is 0.466. The Hall–Kier alpha value is -1.32. The molecule has 2 rings (SSSR count). The smallest absolute Gasteiger partial charge is 0.148 e. The molecule has 4 heteroatoms. The Morgan fingerprint density at radius 1 is 1.36 bits per heavy atom. The van der Waals surface area contributed by atoms with Crippen LogP contribution in [0.5, 0.6) is 0 Å². The molecule has 1 saturated carbocycles. The molecule has 0 saturated heterocycles. The summed E-state index contributed by atoms with van der Waals surface area (Å²) in [6, 6.07) is 3.62. The Labute approximate surface area is 83.9 Å². The largest absolute Gasteiger partial charge is 0.382 e. The van der Waals surface area contributed by atoms with Crippen LogP contribution < -0.4 is 11.1 Å². The number of nitrogens with one attached hydrogen (secondary N) is 1. The van der Waals surface area contributed by atoms with Crippen LogP contribution in [0.3, 0.4) is 0 Å². The van der Waals surface area contributed by atoms with Crippen LogP contribution in [0.1, 0.15) is 25.7 Å². The SMILES string of the molecule is Nc1ccc(NCCCC2CC2)nn1. The van der Waals surface area contributed by atoms with Gasteiger partial charge in [-0.3, -0.25) is 0 Å². The predicted octanol–water partition coefficient (Wildman–Crippen LogP) is 1.66. The van der Waals surface area contributed by atoms with Crippen molar-refractivity contribution in [3.05, 3.63) is 12.1 Å². The summed E-state index contributed by atoms with van der Waals surface area (Å²) in [6.07, 6.45) is 5.43. The molecule has 0 unspecified atom stereocenters. The van der Waals surface area contributed by atoms with Crippen molar-refractivity contribution < 1.29 is 0 Å². The Bertz CT molecular complexity index is 279. The molecule has 1 aliphatic carbocycles. The molecule has 0 radical (unpaired) electrons. The zero-order chi connectivity index (χ0) is 9.80. The summed E-state index contributed by atoms with van der Waals surface area (Å²) in [4.78, 5) is 0. The molecule has 14 heavy (non-hydrogen) atoms. The van der Waals surface area contributed by atoms with Crippen molar-refractivity contribution in [2.75, 3.05) is 17.6 Å². The highest BCUT2D eigenvalue weighted by Gasteiger charge is 2.19. The highest BCUT2D eigenvalue weighted by molar-refractivity contribution is 5.38. The number of nitrogens with zero attached hydrogens (tertiary/aromatic N) is 2. The monoisotopic (exact) mass is 192 g/mol. The average Bonchev–Trinajstić information content (AvgIpc) is 2.99. The van der Waals surface area contributed by atoms with Gasteiger partial charge >= 0.3 is 0 Å². The second-order valence-electron chi connectivity index (χ2n) is 3.86. The standard InChI is InChI=1S/C10H16N4/c11-9-5-6-10(14-13-9)12-7-1-2-8-3-4-8/h5-6,8H,1-4,7H2,(H2,11,13)(H,12,14). The normalized spacial score (nSPS) is 15.4. The van der Waals surface area contributed by atoms with Crippen LogP contribution in [0.4, 0.5) is 11.6 Å². The summed E-state index contributed by atoms with van der Waals surface area (Å²) in [5.74, 6) is 2.29. The number of aromatic nitrogens is 2. The fourth-order valence-corrected chi connectivity index (χ4v) is 1.45. The molecule has 4 nitrogen and oxygen atoms in total. The van der Waals surface area contributed by atoms with Crippen LogP contribution in [0, 0.1) is 5.92 Å². The molecule has 0 amide bonds. The molecule has 1 heterocycles. The summed E-state index contributed by atoms with van der Waals surface area (Å²) in [5, 5.41) is 10.9. The van der Waals surface area contributed by atoms with Gasteiger partial charge in [0, 0.05) is 6.54 Å². The third-order valence-electron chi connectivity index (χ3n) is 2.48. The second kappa shape index (κ2) is 4.26. The van der Waals surface area contributed by atoms with Crippen LogP contribution >= 0.6 is 0 Å². The molecule has 76 valence electrons. The Kier molecular flexibility index (Phi) is 2.81. The van der Waals surface area contributed by atoms with Crippen molar-refractivity contribution in [2.45, 2.75) is 25.7 Å². The fourth-order valence-electron chi connectivity index (χ4n) is 1.45. The number of hydrogen-bond donors (Lipinski definition) is 2. The van der Waals surface area contributed by atoms with E-state index in [-0.39, 0.29) is 0 Å². The number of anilines is 2. The number of hydrogen-bond acceptors (Lipinski definition) is 4. The molecular formula is C10H16N4. The van der Waals surface area contributed by atoms with Gasteiger partial charge in [0.2, 0.25) is 0 Å². The maximum atomic E-state index is 5.43. The lowest BCUT2D eigenvalue weighted by atomic mass is 10.2. The van der Waals surface area contributed by atoms with E-state index in [2.05, 4.69) is 15.5 Å². The molecule has 0 aliphatic heterocycles. The maximum absolute atomic E-state index is 5.43. The zero-order valence-corrected chi connectivity index (χ0v) is 8.24. The van der Waals surface area contributed by atoms with Crippen LogP contribution in [0.15, 0.2) is 12.1 Å². The Morgan fingerprint density at radius 2 is 2.21 bits per heavy atom. The number of nitrogens with two attached hydrogens (primary N) is 1. The van der Waals surface area contributed by atoms with E-state index in [0.29, 0.717) is 5.82 Å². The number of nitrogen functional groups attached to an aromatic ring is 1. The van der Waals surface area contributed by atoms with E-state index >= 15 is 0 Å². The van der Waals surface area contributed by atoms with Gasteiger partial charge in [0.25, 0.3) is 0 Å². The summed E-state index contributed by atoms with van der Waals surface area (Å²) >= 11 is 0. The van der Waals surface area contributed by atoms with Crippen molar-refractivity contribution in [3.8, 4) is 0 Å². The summed E-state index contributed by atoms with van der Waals surface area (Å²) in [6.45, 7) is 0.981. The van der Waals surface area contributed by atoms with E-state index in [1.165, 1.54) is 25.7 Å². The summed E-state index contributed by atoms with van der Waals surface area (Å²) in [5.41, 5.74) is 5.43. The lowest BCUT2D eigenvalue weighted by Gasteiger charge is -2.03. The molecule has 1 aliphatic rings. The van der Waals surface area contributed by atoms with Gasteiger partial charge in [-0.2, -0.15) is 0 Å². The molecule has 0 aromatic carbocycles. The first-order valence-corrected chi connectivity index (χ1v) is 5.17. The second-order valence-corrected chi connectivity index (χ2v) is 3.86. The lowest BCUT2D eigenvalue weighted by Crippen LogP contribution is -2.05. The summed E-state index contributed by atoms with van der Waals surface area (Å²) in [7, 11) is 0. The maximum Gasteiger partial charge on any atom is 0.148 e. The van der Waals surface area contributed by atoms with E-state index in [4.69, 9.17) is 5.73 Å². The third kappa shape index (κ3) is 2.87. The van der Waals surface area contributed by atoms with Crippen molar-refractivity contribution in [1.82, 2.24) is 10.2 Å². The molecule has 1 aromatic heterocycles. The molecule has 1 fully saturated rings. The molecule has 3 N–H and O–H groups in total. The van der Waals surface area contributed by atoms with Crippen LogP contribution in [0.25, 0.3) is 0 Å². The van der Waals surface area contributed by atoms with Crippen molar-refractivity contribution >= 4 is 11.6 Å². The quantitative estimate of drug-likeness (QED) is 0.696. The fraction of sp³-hybridized carbons (Fsp3) is 0.600. The first-order valence-electron chi connectivity index (χ1n) is 5.17. The van der Waals surface area contributed by atoms with Gasteiger partial charge in [0.05, 0.1) is 0 Å². The van der Waals surface area contributed by atoms with Gasteiger partial charge < -0.3 is 11.1 Å². The van der Waals surface area contributed by atoms with E-state index < -0.39 is 0 Å². The van der Waals surface area contributed by atoms with Gasteiger partial charge in [-0.15, -0.1) is 10.2 Å². The van der Waals surface area contributed by atoms with Gasteiger partial charge in [0.15, 0.2) is 0 Å². The Morgan fingerprint density at radius 3 is 2.86 bits per heavy atom. The molecule has 1 aromatic rings. The van der Waals surface area contributed by atoms with Crippen LogP contribution in [0.2, 0.25) is 0 Å². The van der Waals surface area contributed by atoms with Crippen molar-refractivity contribution in [1.29, 1.82) is 0 Å². The first-order chi connectivity index (χ1) is 6.84. The van der Waals surface area contributed by atoms with Gasteiger partial charge in [-0.05, 0) is 30.9 Å². The van der Waals surface area contributed by atoms with Crippen LogP contribution in [-0.2, 0) is 0 Å². The van der Waals surface area contributed by atoms with Gasteiger partial charge in [-0.1, -0.05) is 12.8 Å². The molecule has 0 spiro atoms. The first kappa shape index (κ1) is 9.24. The van der Waals surface area contributed by atoms with Gasteiger partial charge in [-0.25, -0.2) is 0 Å².